The summed E-state index contributed by atoms with van der Waals surface area (Å²) in [5, 5.41) is 24.9. The number of carboxylic acids is 2. The molecule has 226 valence electrons. The Hall–Kier alpha value is -1.71. The Kier molecular flexibility index (Phi) is 12.0. The second kappa shape index (κ2) is 13.7. The van der Waals surface area contributed by atoms with Crippen LogP contribution in [0.2, 0.25) is 0 Å². The summed E-state index contributed by atoms with van der Waals surface area (Å²) in [5.41, 5.74) is 6.27. The fraction of sp³-hybridized carbons (Fsp3) is 0.500. The predicted molar refractivity (Wildman–Crippen MR) is 147 cm³/mol. The molecule has 0 unspecified atom stereocenters. The number of carboxylic acid groups (broad SMARTS) is 2. The van der Waals surface area contributed by atoms with Gasteiger partial charge in [0.25, 0.3) is 11.8 Å². The van der Waals surface area contributed by atoms with E-state index in [1.165, 1.54) is 37.6 Å². The fourth-order valence-corrected chi connectivity index (χ4v) is 8.87. The van der Waals surface area contributed by atoms with Gasteiger partial charge >= 0.3 is 71.1 Å². The SMILES string of the molecule is CC1(C)[C@H](C(=O)O)N2C(=O)C[C@H]2S1(=O)=O.CO/N=C(\C(=O)N[C@@H]1C(=O)N2C(C(=O)O)=C(C)CS[C@H]12)c1csc(N)n1.[H-].[H-].[Na+].[Na+]. The van der Waals surface area contributed by atoms with Gasteiger partial charge in [0.15, 0.2) is 20.7 Å². The molecular weight excluding hydrogens is 650 g/mol. The van der Waals surface area contributed by atoms with E-state index in [1.807, 2.05) is 0 Å². The molecule has 3 saturated heterocycles. The molecular formula is C22H28N6Na2O10S3. The molecule has 3 amide bonds. The van der Waals surface area contributed by atoms with E-state index >= 15 is 0 Å². The summed E-state index contributed by atoms with van der Waals surface area (Å²) < 4.78 is 22.4. The predicted octanol–water partition coefficient (Wildman–Crippen LogP) is -6.73. The third kappa shape index (κ3) is 6.37. The molecule has 43 heavy (non-hydrogen) atoms. The van der Waals surface area contributed by atoms with Crippen LogP contribution in [-0.2, 0) is 38.6 Å². The number of nitrogen functional groups attached to an aromatic ring is 1. The number of anilines is 1. The first kappa shape index (κ1) is 37.5. The van der Waals surface area contributed by atoms with Crippen LogP contribution < -0.4 is 70.2 Å². The molecule has 0 radical (unpaired) electrons. The number of oxime groups is 1. The number of β-lactam (4-membered cyclic amide) rings is 2. The summed E-state index contributed by atoms with van der Waals surface area (Å²) in [6, 6.07) is -2.11. The van der Waals surface area contributed by atoms with E-state index in [0.717, 1.165) is 16.2 Å². The Labute approximate surface area is 301 Å². The topological polar surface area (TPSA) is 239 Å². The van der Waals surface area contributed by atoms with Crippen LogP contribution in [0.25, 0.3) is 0 Å². The molecule has 0 spiro atoms. The second-order valence-electron chi connectivity index (χ2n) is 9.84. The van der Waals surface area contributed by atoms with Crippen molar-refractivity contribution in [2.24, 2.45) is 5.16 Å². The van der Waals surface area contributed by atoms with Crippen LogP contribution in [0.3, 0.4) is 0 Å². The minimum absolute atomic E-state index is 0. The van der Waals surface area contributed by atoms with Gasteiger partial charge in [-0.05, 0) is 26.3 Å². The standard InChI is InChI=1S/C14H15N5O5S2.C8H11NO5S.2Na.2H/c1-5-3-25-12-8(11(21)19(12)9(5)13(22)23)17-10(20)7(18-24-2)6-4-26-14(15)16-6;1-8(2)6(7(11)12)9-4(10)3-5(9)15(8,13)14;;;;/h4,8,12H,3H2,1-2H3,(H2,15,16)(H,17,20)(H,22,23);5-6H,3H2,1-2H3,(H,11,12);;;;/q;;2*+1;2*-1/b18-7-;;;;;/t8-,12-;5-,6+;;;;/m11..../s1. The van der Waals surface area contributed by atoms with Crippen molar-refractivity contribution in [1.82, 2.24) is 20.1 Å². The third-order valence-corrected chi connectivity index (χ3v) is 11.9. The minimum Gasteiger partial charge on any atom is -1.00 e. The van der Waals surface area contributed by atoms with Crippen molar-refractivity contribution in [3.05, 3.63) is 22.3 Å². The molecule has 0 bridgehead atoms. The van der Waals surface area contributed by atoms with Crippen molar-refractivity contribution in [2.45, 2.75) is 54.8 Å². The van der Waals surface area contributed by atoms with E-state index in [2.05, 4.69) is 20.3 Å². The Morgan fingerprint density at radius 2 is 1.88 bits per heavy atom. The van der Waals surface area contributed by atoms with Crippen LogP contribution in [0, 0.1) is 0 Å². The number of fused-ring (bicyclic) bond motifs is 2. The number of nitrogens with zero attached hydrogens (tertiary/aromatic N) is 4. The number of sulfone groups is 1. The van der Waals surface area contributed by atoms with E-state index in [-0.39, 0.29) is 90.6 Å². The van der Waals surface area contributed by atoms with Crippen molar-refractivity contribution in [2.75, 3.05) is 18.6 Å². The first-order valence-corrected chi connectivity index (χ1v) is 15.3. The number of rotatable bonds is 6. The zero-order valence-corrected chi connectivity index (χ0v) is 30.5. The molecule has 21 heteroatoms. The van der Waals surface area contributed by atoms with Gasteiger partial charge in [0, 0.05) is 11.1 Å². The number of nitrogens with two attached hydrogens (primary N) is 1. The maximum Gasteiger partial charge on any atom is 1.00 e. The quantitative estimate of drug-likeness (QED) is 0.0949. The van der Waals surface area contributed by atoms with Gasteiger partial charge in [0.1, 0.15) is 41.3 Å². The molecule has 0 aromatic carbocycles. The van der Waals surface area contributed by atoms with Crippen LogP contribution in [-0.4, -0.2) is 109 Å². The first-order chi connectivity index (χ1) is 19.1. The largest absolute Gasteiger partial charge is 1.00 e. The van der Waals surface area contributed by atoms with Gasteiger partial charge in [-0.25, -0.2) is 23.0 Å². The monoisotopic (exact) mass is 678 g/mol. The molecule has 4 atom stereocenters. The Morgan fingerprint density at radius 3 is 2.35 bits per heavy atom. The summed E-state index contributed by atoms with van der Waals surface area (Å²) in [7, 11) is -2.29. The number of carbonyl (C=O) groups is 5. The number of aromatic nitrogens is 1. The van der Waals surface area contributed by atoms with Crippen LogP contribution in [0.5, 0.6) is 0 Å². The van der Waals surface area contributed by atoms with Gasteiger partial charge in [0.2, 0.25) is 5.91 Å². The summed E-state index contributed by atoms with van der Waals surface area (Å²) in [6.45, 7) is 4.38. The Bertz CT molecular complexity index is 1540. The number of nitrogens with one attached hydrogen (secondary N) is 1. The molecule has 5 heterocycles. The van der Waals surface area contributed by atoms with Crippen LogP contribution in [0.4, 0.5) is 5.13 Å². The molecule has 5 rings (SSSR count). The maximum atomic E-state index is 12.5. The van der Waals surface area contributed by atoms with Gasteiger partial charge in [-0.3, -0.25) is 19.3 Å². The summed E-state index contributed by atoms with van der Waals surface area (Å²) in [4.78, 5) is 69.4. The van der Waals surface area contributed by atoms with Crippen molar-refractivity contribution in [3.8, 4) is 0 Å². The first-order valence-electron chi connectivity index (χ1n) is 11.8. The smallest absolute Gasteiger partial charge is 1.00 e. The summed E-state index contributed by atoms with van der Waals surface area (Å²) in [6.07, 6.45) is -0.0878. The Morgan fingerprint density at radius 1 is 1.26 bits per heavy atom. The maximum absolute atomic E-state index is 12.5. The second-order valence-corrected chi connectivity index (χ2v) is 14.5. The number of carbonyl (C=O) groups excluding carboxylic acids is 3. The van der Waals surface area contributed by atoms with Crippen LogP contribution in [0.15, 0.2) is 21.8 Å². The molecule has 0 saturated carbocycles. The zero-order chi connectivity index (χ0) is 30.6. The molecule has 1 aromatic rings. The number of hydrogen-bond donors (Lipinski definition) is 4. The molecule has 1 aromatic heterocycles. The normalized spacial score (nSPS) is 26.2. The van der Waals surface area contributed by atoms with Crippen LogP contribution in [0.1, 0.15) is 35.7 Å². The van der Waals surface area contributed by atoms with E-state index in [0.29, 0.717) is 11.3 Å². The van der Waals surface area contributed by atoms with Gasteiger partial charge < -0.3 is 33.9 Å². The average molecular weight is 679 g/mol. The summed E-state index contributed by atoms with van der Waals surface area (Å²) >= 11 is 2.52. The molecule has 16 nitrogen and oxygen atoms in total. The van der Waals surface area contributed by atoms with E-state index in [4.69, 9.17) is 10.8 Å². The average Bonchev–Trinajstić information content (AvgIpc) is 3.36. The molecule has 4 aliphatic heterocycles. The molecule has 0 aliphatic carbocycles. The summed E-state index contributed by atoms with van der Waals surface area (Å²) in [5.74, 6) is -3.50. The van der Waals surface area contributed by atoms with Crippen molar-refractivity contribution >= 4 is 73.4 Å². The van der Waals surface area contributed by atoms with Crippen LogP contribution >= 0.6 is 23.1 Å². The van der Waals surface area contributed by atoms with E-state index < -0.39 is 67.1 Å². The van der Waals surface area contributed by atoms with Gasteiger partial charge in [-0.1, -0.05) is 5.16 Å². The number of thiazole rings is 1. The minimum atomic E-state index is -3.57. The Balaban J connectivity index is 0.000000883. The van der Waals surface area contributed by atoms with Gasteiger partial charge in [0.05, 0.1) is 11.2 Å². The van der Waals surface area contributed by atoms with Crippen molar-refractivity contribution < 1.29 is 109 Å². The number of aliphatic carboxylic acids is 2. The van der Waals surface area contributed by atoms with E-state index in [9.17, 15) is 37.5 Å². The number of amides is 3. The molecule has 3 fully saturated rings. The number of hydrogen-bond acceptors (Lipinski definition) is 13. The number of thioether (sulfide) groups is 1. The van der Waals surface area contributed by atoms with Crippen molar-refractivity contribution in [1.29, 1.82) is 0 Å². The molecule has 5 N–H and O–H groups in total. The zero-order valence-electron chi connectivity index (χ0n) is 26.1. The van der Waals surface area contributed by atoms with E-state index in [1.54, 1.807) is 12.3 Å². The van der Waals surface area contributed by atoms with Gasteiger partial charge in [-0.2, -0.15) is 0 Å². The van der Waals surface area contributed by atoms with Gasteiger partial charge in [-0.15, -0.1) is 23.1 Å². The molecule has 4 aliphatic rings. The third-order valence-electron chi connectivity index (χ3n) is 7.02. The fourth-order valence-electron chi connectivity index (χ4n) is 4.91. The van der Waals surface area contributed by atoms with Crippen molar-refractivity contribution in [3.63, 3.8) is 0 Å².